The first kappa shape index (κ1) is 16.1. The van der Waals surface area contributed by atoms with E-state index in [0.717, 1.165) is 24.8 Å². The summed E-state index contributed by atoms with van der Waals surface area (Å²) in [5, 5.41) is 31.4. The van der Waals surface area contributed by atoms with E-state index in [1.54, 1.807) is 12.2 Å². The molecule has 0 aromatic heterocycles. The van der Waals surface area contributed by atoms with Gasteiger partial charge in [-0.15, -0.1) is 0 Å². The lowest BCUT2D eigenvalue weighted by molar-refractivity contribution is -0.146. The molecule has 0 aromatic rings. The highest BCUT2D eigenvalue weighted by atomic mass is 16.3. The van der Waals surface area contributed by atoms with Gasteiger partial charge in [0.1, 0.15) is 0 Å². The molecule has 4 heteroatoms. The van der Waals surface area contributed by atoms with Gasteiger partial charge in [0.2, 0.25) is 0 Å². The molecular weight excluding hydrogens is 302 g/mol. The number of nitriles is 1. The van der Waals surface area contributed by atoms with Gasteiger partial charge in [0.25, 0.3) is 0 Å². The molecule has 2 N–H and O–H groups in total. The Morgan fingerprint density at radius 3 is 2.79 bits per heavy atom. The second-order valence-corrected chi connectivity index (χ2v) is 8.72. The Kier molecular flexibility index (Phi) is 3.21. The molecule has 0 aromatic carbocycles. The fourth-order valence-corrected chi connectivity index (χ4v) is 6.51. The van der Waals surface area contributed by atoms with Gasteiger partial charge in [-0.25, -0.2) is 0 Å². The van der Waals surface area contributed by atoms with Gasteiger partial charge in [0.15, 0.2) is 11.4 Å². The minimum atomic E-state index is -1.33. The summed E-state index contributed by atoms with van der Waals surface area (Å²) in [5.41, 5.74) is -1.04. The summed E-state index contributed by atoms with van der Waals surface area (Å²) in [6, 6.07) is 2.14. The molecule has 0 amide bonds. The van der Waals surface area contributed by atoms with Gasteiger partial charge in [-0.05, 0) is 56.1 Å². The summed E-state index contributed by atoms with van der Waals surface area (Å²) in [6.45, 7) is 4.12. The first-order valence-electron chi connectivity index (χ1n) is 9.01. The van der Waals surface area contributed by atoms with Crippen molar-refractivity contribution in [3.05, 3.63) is 23.8 Å². The van der Waals surface area contributed by atoms with Crippen LogP contribution in [0.15, 0.2) is 23.8 Å². The highest BCUT2D eigenvalue weighted by Crippen LogP contribution is 2.66. The molecule has 7 atom stereocenters. The van der Waals surface area contributed by atoms with Crippen LogP contribution in [-0.4, -0.2) is 27.7 Å². The number of aliphatic hydroxyl groups excluding tert-OH is 1. The highest BCUT2D eigenvalue weighted by molar-refractivity contribution is 6.01. The first-order valence-corrected chi connectivity index (χ1v) is 9.01. The zero-order valence-corrected chi connectivity index (χ0v) is 14.3. The summed E-state index contributed by atoms with van der Waals surface area (Å²) in [7, 11) is 0. The van der Waals surface area contributed by atoms with Crippen LogP contribution in [0.25, 0.3) is 0 Å². The Morgan fingerprint density at radius 2 is 2.08 bits per heavy atom. The van der Waals surface area contributed by atoms with E-state index in [1.807, 2.05) is 13.0 Å². The van der Waals surface area contributed by atoms with Crippen LogP contribution in [0.1, 0.15) is 46.0 Å². The van der Waals surface area contributed by atoms with Crippen LogP contribution in [0.4, 0.5) is 0 Å². The molecule has 3 fully saturated rings. The fourth-order valence-electron chi connectivity index (χ4n) is 6.51. The Bertz CT molecular complexity index is 704. The van der Waals surface area contributed by atoms with Gasteiger partial charge in [-0.1, -0.05) is 25.5 Å². The number of fused-ring (bicyclic) bond motifs is 5. The normalized spacial score (nSPS) is 52.8. The van der Waals surface area contributed by atoms with Crippen molar-refractivity contribution < 1.29 is 15.0 Å². The molecule has 3 saturated carbocycles. The molecule has 0 aliphatic heterocycles. The predicted molar refractivity (Wildman–Crippen MR) is 88.6 cm³/mol. The molecule has 0 bridgehead atoms. The van der Waals surface area contributed by atoms with Crippen molar-refractivity contribution in [2.75, 3.05) is 0 Å². The maximum atomic E-state index is 11.8. The predicted octanol–water partition coefficient (Wildman–Crippen LogP) is 2.52. The third kappa shape index (κ3) is 1.78. The van der Waals surface area contributed by atoms with E-state index < -0.39 is 17.1 Å². The summed E-state index contributed by atoms with van der Waals surface area (Å²) >= 11 is 0. The van der Waals surface area contributed by atoms with Gasteiger partial charge in [-0.2, -0.15) is 5.26 Å². The van der Waals surface area contributed by atoms with Crippen LogP contribution < -0.4 is 0 Å². The smallest absolute Gasteiger partial charge is 0.178 e. The highest BCUT2D eigenvalue weighted by Gasteiger charge is 2.66. The lowest BCUT2D eigenvalue weighted by atomic mass is 9.46. The second kappa shape index (κ2) is 4.80. The standard InChI is InChI=1S/C20H25NO3/c1-18-7-5-13(22)9-12(18)3-4-14-15-6-8-20(24,11-21)19(15,2)10-16(23)17(14)18/h5,7,9,14-17,23-24H,3-4,6,8,10H2,1-2H3/t14-,15-,16-,17+,18-,19-,20-/m0/s1. The Balaban J connectivity index is 1.77. The third-order valence-corrected chi connectivity index (χ3v) is 7.83. The van der Waals surface area contributed by atoms with Crippen LogP contribution in [0.5, 0.6) is 0 Å². The van der Waals surface area contributed by atoms with Crippen LogP contribution in [-0.2, 0) is 4.79 Å². The molecule has 0 heterocycles. The van der Waals surface area contributed by atoms with E-state index in [9.17, 15) is 20.3 Å². The Hall–Kier alpha value is -1.44. The number of carbonyl (C=O) groups excluding carboxylic acids is 1. The number of hydrogen-bond donors (Lipinski definition) is 2. The van der Waals surface area contributed by atoms with Gasteiger partial charge in [0.05, 0.1) is 12.2 Å². The molecule has 0 radical (unpaired) electrons. The minimum Gasteiger partial charge on any atom is -0.393 e. The number of rotatable bonds is 0. The molecule has 0 spiro atoms. The average molecular weight is 327 g/mol. The van der Waals surface area contributed by atoms with Crippen molar-refractivity contribution in [2.24, 2.45) is 28.6 Å². The molecule has 0 unspecified atom stereocenters. The third-order valence-electron chi connectivity index (χ3n) is 7.83. The van der Waals surface area contributed by atoms with Crippen molar-refractivity contribution >= 4 is 5.78 Å². The maximum absolute atomic E-state index is 11.8. The molecule has 4 aliphatic carbocycles. The number of hydrogen-bond acceptors (Lipinski definition) is 4. The van der Waals surface area contributed by atoms with Crippen LogP contribution >= 0.6 is 0 Å². The van der Waals surface area contributed by atoms with Crippen LogP contribution in [0.2, 0.25) is 0 Å². The molecule has 24 heavy (non-hydrogen) atoms. The van der Waals surface area contributed by atoms with E-state index in [4.69, 9.17) is 0 Å². The van der Waals surface area contributed by atoms with E-state index in [1.165, 1.54) is 0 Å². The van der Waals surface area contributed by atoms with Gasteiger partial charge < -0.3 is 10.2 Å². The molecule has 4 aliphatic rings. The van der Waals surface area contributed by atoms with Gasteiger partial charge >= 0.3 is 0 Å². The average Bonchev–Trinajstić information content (AvgIpc) is 2.79. The Morgan fingerprint density at radius 1 is 1.33 bits per heavy atom. The summed E-state index contributed by atoms with van der Waals surface area (Å²) < 4.78 is 0. The minimum absolute atomic E-state index is 0.0378. The molecular formula is C20H25NO3. The van der Waals surface area contributed by atoms with Crippen molar-refractivity contribution in [1.82, 2.24) is 0 Å². The zero-order valence-electron chi connectivity index (χ0n) is 14.3. The van der Waals surface area contributed by atoms with Crippen LogP contribution in [0, 0.1) is 39.9 Å². The number of ketones is 1. The summed E-state index contributed by atoms with van der Waals surface area (Å²) in [4.78, 5) is 11.8. The quantitative estimate of drug-likeness (QED) is 0.670. The van der Waals surface area contributed by atoms with E-state index >= 15 is 0 Å². The lowest BCUT2D eigenvalue weighted by Gasteiger charge is -2.59. The van der Waals surface area contributed by atoms with Crippen molar-refractivity contribution in [3.8, 4) is 6.07 Å². The Labute approximate surface area is 142 Å². The lowest BCUT2D eigenvalue weighted by Crippen LogP contribution is -2.59. The monoisotopic (exact) mass is 327 g/mol. The number of aliphatic hydroxyl groups is 2. The number of nitrogens with zero attached hydrogens (tertiary/aromatic N) is 1. The molecule has 128 valence electrons. The van der Waals surface area contributed by atoms with Crippen LogP contribution in [0.3, 0.4) is 0 Å². The molecule has 4 nitrogen and oxygen atoms in total. The summed E-state index contributed by atoms with van der Waals surface area (Å²) in [6.07, 6.45) is 8.36. The SMILES string of the molecule is C[C@]12C=CC(=O)C=C1CC[C@@H]1[C@@H]2[C@@H](O)C[C@@]2(C)[C@H]1CC[C@]2(O)C#N. The molecule has 0 saturated heterocycles. The van der Waals surface area contributed by atoms with Gasteiger partial charge in [0, 0.05) is 16.7 Å². The van der Waals surface area contributed by atoms with E-state index in [2.05, 4.69) is 13.0 Å². The summed E-state index contributed by atoms with van der Waals surface area (Å²) in [5.74, 6) is 0.623. The zero-order chi connectivity index (χ0) is 17.3. The fraction of sp³-hybridized carbons (Fsp3) is 0.700. The van der Waals surface area contributed by atoms with E-state index in [-0.39, 0.29) is 29.0 Å². The van der Waals surface area contributed by atoms with Gasteiger partial charge in [-0.3, -0.25) is 4.79 Å². The largest absolute Gasteiger partial charge is 0.393 e. The van der Waals surface area contributed by atoms with Crippen molar-refractivity contribution in [1.29, 1.82) is 5.26 Å². The number of allylic oxidation sites excluding steroid dienone is 4. The topological polar surface area (TPSA) is 81.3 Å². The second-order valence-electron chi connectivity index (χ2n) is 8.72. The first-order chi connectivity index (χ1) is 11.2. The number of carbonyl (C=O) groups is 1. The molecule has 4 rings (SSSR count). The maximum Gasteiger partial charge on any atom is 0.178 e. The van der Waals surface area contributed by atoms with E-state index in [0.29, 0.717) is 12.8 Å². The van der Waals surface area contributed by atoms with Crippen molar-refractivity contribution in [3.63, 3.8) is 0 Å². The van der Waals surface area contributed by atoms with Crippen molar-refractivity contribution in [2.45, 2.75) is 57.7 Å².